The summed E-state index contributed by atoms with van der Waals surface area (Å²) in [5, 5.41) is 7.14. The van der Waals surface area contributed by atoms with Gasteiger partial charge in [-0.25, -0.2) is 4.98 Å². The maximum absolute atomic E-state index is 12.6. The summed E-state index contributed by atoms with van der Waals surface area (Å²) < 4.78 is 38.9. The van der Waals surface area contributed by atoms with Crippen LogP contribution in [0.3, 0.4) is 0 Å². The highest BCUT2D eigenvalue weighted by Crippen LogP contribution is 2.26. The summed E-state index contributed by atoms with van der Waals surface area (Å²) in [6.45, 7) is 4.88. The van der Waals surface area contributed by atoms with E-state index in [0.29, 0.717) is 12.6 Å². The lowest BCUT2D eigenvalue weighted by atomic mass is 9.96. The van der Waals surface area contributed by atoms with Gasteiger partial charge in [0, 0.05) is 24.8 Å². The van der Waals surface area contributed by atoms with E-state index in [0.717, 1.165) is 50.2 Å². The van der Waals surface area contributed by atoms with Crippen LogP contribution >= 0.6 is 0 Å². The molecule has 1 aliphatic heterocycles. The molecule has 3 rings (SSSR count). The number of halogens is 3. The molecule has 1 N–H and O–H groups in total. The Morgan fingerprint density at radius 3 is 2.56 bits per heavy atom. The molecule has 0 saturated carbocycles. The van der Waals surface area contributed by atoms with Gasteiger partial charge in [-0.2, -0.15) is 18.3 Å². The van der Waals surface area contributed by atoms with Crippen molar-refractivity contribution in [3.8, 4) is 0 Å². The normalized spacial score (nSPS) is 17.1. The molecule has 1 fully saturated rings. The molecule has 1 saturated heterocycles. The van der Waals surface area contributed by atoms with E-state index < -0.39 is 17.4 Å². The third-order valence-corrected chi connectivity index (χ3v) is 4.48. The van der Waals surface area contributed by atoms with Gasteiger partial charge in [-0.1, -0.05) is 0 Å². The van der Waals surface area contributed by atoms with Crippen LogP contribution in [0.15, 0.2) is 23.3 Å². The fourth-order valence-electron chi connectivity index (χ4n) is 3.11. The van der Waals surface area contributed by atoms with Crippen molar-refractivity contribution in [2.24, 2.45) is 5.92 Å². The quantitative estimate of drug-likeness (QED) is 0.913. The van der Waals surface area contributed by atoms with Gasteiger partial charge in [0.05, 0.1) is 12.0 Å². The second-order valence-corrected chi connectivity index (χ2v) is 6.52. The van der Waals surface area contributed by atoms with E-state index in [1.807, 2.05) is 13.0 Å². The minimum Gasteiger partial charge on any atom is -0.299 e. The fraction of sp³-hybridized carbons (Fsp3) is 0.562. The summed E-state index contributed by atoms with van der Waals surface area (Å²) in [5.74, 6) is 0.258. The smallest absolute Gasteiger partial charge is 0.299 e. The summed E-state index contributed by atoms with van der Waals surface area (Å²) in [6.07, 6.45) is -1.81. The van der Waals surface area contributed by atoms with Crippen molar-refractivity contribution in [2.45, 2.75) is 39.0 Å². The van der Waals surface area contributed by atoms with Crippen molar-refractivity contribution >= 4 is 0 Å². The van der Waals surface area contributed by atoms with Crippen molar-refractivity contribution in [1.82, 2.24) is 24.6 Å². The molecule has 136 valence electrons. The van der Waals surface area contributed by atoms with Crippen LogP contribution in [-0.4, -0.2) is 37.7 Å². The molecule has 2 aromatic rings. The van der Waals surface area contributed by atoms with Gasteiger partial charge in [0.2, 0.25) is 0 Å². The first-order valence-electron chi connectivity index (χ1n) is 8.18. The van der Waals surface area contributed by atoms with Crippen LogP contribution in [0.2, 0.25) is 0 Å². The Morgan fingerprint density at radius 1 is 1.28 bits per heavy atom. The molecular formula is C16H20F3N5O. The van der Waals surface area contributed by atoms with E-state index in [4.69, 9.17) is 0 Å². The zero-order valence-electron chi connectivity index (χ0n) is 13.9. The molecule has 0 bridgehead atoms. The van der Waals surface area contributed by atoms with Gasteiger partial charge in [0.1, 0.15) is 0 Å². The first-order valence-corrected chi connectivity index (χ1v) is 8.18. The molecule has 0 amide bonds. The Balaban J connectivity index is 1.54. The second kappa shape index (κ2) is 6.99. The molecule has 6 nitrogen and oxygen atoms in total. The number of aromatic nitrogens is 4. The Morgan fingerprint density at radius 2 is 2.00 bits per heavy atom. The van der Waals surface area contributed by atoms with E-state index in [1.54, 1.807) is 0 Å². The number of hydrogen-bond donors (Lipinski definition) is 1. The van der Waals surface area contributed by atoms with Gasteiger partial charge in [-0.15, -0.1) is 0 Å². The SMILES string of the molecule is Cc1cc(CN2CCC(Cn3cnc(C(F)(F)F)cc3=O)CC2)n[nH]1. The third kappa shape index (κ3) is 4.47. The van der Waals surface area contributed by atoms with Gasteiger partial charge in [-0.05, 0) is 44.8 Å². The highest BCUT2D eigenvalue weighted by atomic mass is 19.4. The highest BCUT2D eigenvalue weighted by Gasteiger charge is 2.33. The maximum Gasteiger partial charge on any atom is 0.433 e. The van der Waals surface area contributed by atoms with Crippen molar-refractivity contribution in [3.05, 3.63) is 45.9 Å². The number of nitrogens with one attached hydrogen (secondary N) is 1. The summed E-state index contributed by atoms with van der Waals surface area (Å²) in [6, 6.07) is 2.58. The zero-order chi connectivity index (χ0) is 18.0. The van der Waals surface area contributed by atoms with Crippen LogP contribution in [-0.2, 0) is 19.3 Å². The summed E-state index contributed by atoms with van der Waals surface area (Å²) in [5.41, 5.74) is 0.229. The average molecular weight is 355 g/mol. The number of nitrogens with zero attached hydrogens (tertiary/aromatic N) is 4. The monoisotopic (exact) mass is 355 g/mol. The molecule has 9 heteroatoms. The second-order valence-electron chi connectivity index (χ2n) is 6.52. The Kier molecular flexibility index (Phi) is 4.94. The number of H-pyrrole nitrogens is 1. The third-order valence-electron chi connectivity index (χ3n) is 4.48. The van der Waals surface area contributed by atoms with E-state index in [2.05, 4.69) is 20.1 Å². The molecular weight excluding hydrogens is 335 g/mol. The van der Waals surface area contributed by atoms with Gasteiger partial charge in [0.25, 0.3) is 5.56 Å². The number of aromatic amines is 1. The molecule has 0 aromatic carbocycles. The number of aryl methyl sites for hydroxylation is 1. The van der Waals surface area contributed by atoms with E-state index in [9.17, 15) is 18.0 Å². The number of piperidine rings is 1. The molecule has 0 atom stereocenters. The number of alkyl halides is 3. The highest BCUT2D eigenvalue weighted by molar-refractivity contribution is 5.06. The van der Waals surface area contributed by atoms with Crippen molar-refractivity contribution in [1.29, 1.82) is 0 Å². The van der Waals surface area contributed by atoms with Crippen molar-refractivity contribution in [3.63, 3.8) is 0 Å². The predicted octanol–water partition coefficient (Wildman–Crippen LogP) is 2.21. The topological polar surface area (TPSA) is 66.8 Å². The molecule has 0 unspecified atom stereocenters. The first kappa shape index (κ1) is 17.7. The van der Waals surface area contributed by atoms with Gasteiger partial charge in [0.15, 0.2) is 5.69 Å². The molecule has 3 heterocycles. The number of likely N-dealkylation sites (tertiary alicyclic amines) is 1. The lowest BCUT2D eigenvalue weighted by Crippen LogP contribution is -2.36. The molecule has 25 heavy (non-hydrogen) atoms. The van der Waals surface area contributed by atoms with Crippen LogP contribution in [0.4, 0.5) is 13.2 Å². The van der Waals surface area contributed by atoms with Crippen LogP contribution in [0.25, 0.3) is 0 Å². The van der Waals surface area contributed by atoms with Crippen molar-refractivity contribution < 1.29 is 13.2 Å². The summed E-state index contributed by atoms with van der Waals surface area (Å²) in [7, 11) is 0. The van der Waals surface area contributed by atoms with Gasteiger partial charge >= 0.3 is 6.18 Å². The predicted molar refractivity (Wildman–Crippen MR) is 84.8 cm³/mol. The van der Waals surface area contributed by atoms with E-state index in [-0.39, 0.29) is 5.92 Å². The van der Waals surface area contributed by atoms with Crippen LogP contribution in [0.1, 0.15) is 29.9 Å². The van der Waals surface area contributed by atoms with Crippen LogP contribution < -0.4 is 5.56 Å². The molecule has 0 radical (unpaired) electrons. The standard InChI is InChI=1S/C16H20F3N5O/c1-11-6-13(22-21-11)9-23-4-2-12(3-5-23)8-24-10-20-14(7-15(24)25)16(17,18)19/h6-7,10,12H,2-5,8-9H2,1H3,(H,21,22). The molecule has 2 aromatic heterocycles. The zero-order valence-corrected chi connectivity index (χ0v) is 13.9. The van der Waals surface area contributed by atoms with Crippen LogP contribution in [0.5, 0.6) is 0 Å². The van der Waals surface area contributed by atoms with Crippen molar-refractivity contribution in [2.75, 3.05) is 13.1 Å². The lowest BCUT2D eigenvalue weighted by molar-refractivity contribution is -0.141. The fourth-order valence-corrected chi connectivity index (χ4v) is 3.11. The first-order chi connectivity index (χ1) is 11.8. The average Bonchev–Trinajstić information content (AvgIpc) is 2.95. The molecule has 0 aliphatic carbocycles. The summed E-state index contributed by atoms with van der Waals surface area (Å²) >= 11 is 0. The Labute approximate surface area is 142 Å². The molecule has 0 spiro atoms. The summed E-state index contributed by atoms with van der Waals surface area (Å²) in [4.78, 5) is 17.5. The van der Waals surface area contributed by atoms with Gasteiger partial charge < -0.3 is 0 Å². The van der Waals surface area contributed by atoms with E-state index in [1.165, 1.54) is 4.57 Å². The number of rotatable bonds is 4. The minimum absolute atomic E-state index is 0.258. The number of hydrogen-bond acceptors (Lipinski definition) is 4. The Hall–Kier alpha value is -2.16. The van der Waals surface area contributed by atoms with E-state index >= 15 is 0 Å². The lowest BCUT2D eigenvalue weighted by Gasteiger charge is -2.31. The minimum atomic E-state index is -4.59. The van der Waals surface area contributed by atoms with Gasteiger partial charge in [-0.3, -0.25) is 19.4 Å². The maximum atomic E-state index is 12.6. The van der Waals surface area contributed by atoms with Crippen LogP contribution in [0, 0.1) is 12.8 Å². The Bertz CT molecular complexity index is 775. The largest absolute Gasteiger partial charge is 0.433 e. The molecule has 1 aliphatic rings.